The van der Waals surface area contributed by atoms with E-state index in [4.69, 9.17) is 18.9 Å². The number of carbonyl (C=O) groups excluding carboxylic acids is 2. The maximum Gasteiger partial charge on any atom is 0.301 e. The molecule has 0 aliphatic carbocycles. The van der Waals surface area contributed by atoms with Crippen molar-refractivity contribution in [3.05, 3.63) is 124 Å². The lowest BCUT2D eigenvalue weighted by molar-refractivity contribution is -0.132. The van der Waals surface area contributed by atoms with Crippen LogP contribution in [0.5, 0.6) is 23.0 Å². The van der Waals surface area contributed by atoms with E-state index in [0.29, 0.717) is 50.8 Å². The third-order valence-electron chi connectivity index (χ3n) is 8.15. The van der Waals surface area contributed by atoms with Crippen LogP contribution in [0.4, 0.5) is 5.13 Å². The standard InChI is InChI=1S/C38H35N3O7S2/c1-22-9-11-24(12-10-22)21-49-38-40-39-37(50-38)41-32(27-18-29(45-3)35(47-5)30(19-27)46-4)31(34(43)36(41)44)33(42)26-13-15-28(16-14-26)48-20-25-8-6-7-23(2)17-25/h6-19,32,42H,20-21H2,1-5H3/b33-31+. The first-order valence-corrected chi connectivity index (χ1v) is 17.4. The molecule has 0 bridgehead atoms. The number of hydrogen-bond acceptors (Lipinski definition) is 11. The Morgan fingerprint density at radius 1 is 0.840 bits per heavy atom. The van der Waals surface area contributed by atoms with Crippen LogP contribution in [-0.4, -0.2) is 48.3 Å². The Hall–Kier alpha value is -5.33. The quantitative estimate of drug-likeness (QED) is 0.0454. The first-order valence-electron chi connectivity index (χ1n) is 15.6. The Labute approximate surface area is 298 Å². The maximum absolute atomic E-state index is 13.8. The molecule has 1 aliphatic rings. The second-order valence-electron chi connectivity index (χ2n) is 11.6. The summed E-state index contributed by atoms with van der Waals surface area (Å²) in [6, 6.07) is 25.1. The largest absolute Gasteiger partial charge is 0.507 e. The van der Waals surface area contributed by atoms with Gasteiger partial charge in [0.1, 0.15) is 18.1 Å². The van der Waals surface area contributed by atoms with Crippen molar-refractivity contribution in [3.63, 3.8) is 0 Å². The zero-order valence-electron chi connectivity index (χ0n) is 28.1. The molecule has 1 fully saturated rings. The van der Waals surface area contributed by atoms with Gasteiger partial charge in [0.2, 0.25) is 10.9 Å². The molecule has 4 aromatic carbocycles. The van der Waals surface area contributed by atoms with E-state index in [2.05, 4.69) is 22.3 Å². The number of aliphatic hydroxyl groups is 1. The lowest BCUT2D eigenvalue weighted by Crippen LogP contribution is -2.29. The van der Waals surface area contributed by atoms with E-state index in [1.165, 1.54) is 54.9 Å². The van der Waals surface area contributed by atoms with Gasteiger partial charge in [-0.05, 0) is 66.9 Å². The molecular weight excluding hydrogens is 675 g/mol. The predicted octanol–water partition coefficient (Wildman–Crippen LogP) is 7.68. The van der Waals surface area contributed by atoms with Gasteiger partial charge in [0.25, 0.3) is 5.78 Å². The van der Waals surface area contributed by atoms with Crippen LogP contribution in [0, 0.1) is 13.8 Å². The minimum absolute atomic E-state index is 0.123. The molecule has 1 N–H and O–H groups in total. The highest BCUT2D eigenvalue weighted by atomic mass is 32.2. The highest BCUT2D eigenvalue weighted by Gasteiger charge is 2.49. The molecular formula is C38H35N3O7S2. The average molecular weight is 710 g/mol. The van der Waals surface area contributed by atoms with Crippen molar-refractivity contribution in [2.24, 2.45) is 0 Å². The molecule has 2 heterocycles. The molecule has 1 aromatic heterocycles. The van der Waals surface area contributed by atoms with Crippen LogP contribution in [0.1, 0.15) is 39.4 Å². The van der Waals surface area contributed by atoms with Crippen molar-refractivity contribution in [2.45, 2.75) is 36.6 Å². The number of aryl methyl sites for hydroxylation is 2. The second kappa shape index (κ2) is 15.1. The molecule has 1 unspecified atom stereocenters. The van der Waals surface area contributed by atoms with Gasteiger partial charge in [0, 0.05) is 11.3 Å². The van der Waals surface area contributed by atoms with Gasteiger partial charge in [-0.1, -0.05) is 82.8 Å². The number of ketones is 1. The molecule has 1 saturated heterocycles. The highest BCUT2D eigenvalue weighted by molar-refractivity contribution is 8.00. The minimum atomic E-state index is -1.09. The van der Waals surface area contributed by atoms with Crippen molar-refractivity contribution in [3.8, 4) is 23.0 Å². The van der Waals surface area contributed by atoms with Gasteiger partial charge >= 0.3 is 5.91 Å². The number of thioether (sulfide) groups is 1. The maximum atomic E-state index is 13.8. The number of aromatic nitrogens is 2. The summed E-state index contributed by atoms with van der Waals surface area (Å²) in [7, 11) is 4.43. The van der Waals surface area contributed by atoms with Crippen molar-refractivity contribution < 1.29 is 33.6 Å². The lowest BCUT2D eigenvalue weighted by Gasteiger charge is -2.24. The third kappa shape index (κ3) is 7.17. The number of Topliss-reactive ketones (excluding diaryl/α,β-unsaturated/α-hetero) is 1. The van der Waals surface area contributed by atoms with Gasteiger partial charge in [-0.25, -0.2) is 0 Å². The number of amides is 1. The van der Waals surface area contributed by atoms with E-state index in [1.807, 2.05) is 50.2 Å². The normalized spacial score (nSPS) is 15.3. The zero-order valence-corrected chi connectivity index (χ0v) is 29.8. The van der Waals surface area contributed by atoms with E-state index >= 15 is 0 Å². The van der Waals surface area contributed by atoms with Crippen molar-refractivity contribution in [1.82, 2.24) is 10.2 Å². The number of nitrogens with zero attached hydrogens (tertiary/aromatic N) is 3. The summed E-state index contributed by atoms with van der Waals surface area (Å²) in [5.41, 5.74) is 5.08. The van der Waals surface area contributed by atoms with Crippen LogP contribution in [0.2, 0.25) is 0 Å². The SMILES string of the molecule is COc1cc(C2/C(=C(\O)c3ccc(OCc4cccc(C)c4)cc3)C(=O)C(=O)N2c2nnc(SCc3ccc(C)cc3)s2)cc(OC)c1OC. The van der Waals surface area contributed by atoms with Crippen molar-refractivity contribution >= 4 is 45.7 Å². The van der Waals surface area contributed by atoms with Crippen molar-refractivity contribution in [1.29, 1.82) is 0 Å². The fourth-order valence-corrected chi connectivity index (χ4v) is 7.45. The molecule has 0 radical (unpaired) electrons. The molecule has 0 spiro atoms. The molecule has 0 saturated carbocycles. The number of aliphatic hydroxyl groups excluding tert-OH is 1. The first-order chi connectivity index (χ1) is 24.2. The average Bonchev–Trinajstić information content (AvgIpc) is 3.71. The summed E-state index contributed by atoms with van der Waals surface area (Å²) < 4.78 is 23.3. The van der Waals surface area contributed by atoms with E-state index in [1.54, 1.807) is 36.4 Å². The van der Waals surface area contributed by atoms with Crippen LogP contribution in [0.15, 0.2) is 94.8 Å². The molecule has 12 heteroatoms. The Morgan fingerprint density at radius 2 is 1.54 bits per heavy atom. The van der Waals surface area contributed by atoms with Gasteiger partial charge < -0.3 is 24.1 Å². The second-order valence-corrected chi connectivity index (χ2v) is 13.7. The van der Waals surface area contributed by atoms with Gasteiger partial charge in [-0.15, -0.1) is 10.2 Å². The molecule has 6 rings (SSSR count). The number of rotatable bonds is 12. The summed E-state index contributed by atoms with van der Waals surface area (Å²) in [5.74, 6) is 0.114. The molecule has 1 aliphatic heterocycles. The van der Waals surface area contributed by atoms with Crippen LogP contribution >= 0.6 is 23.1 Å². The van der Waals surface area contributed by atoms with E-state index in [9.17, 15) is 14.7 Å². The van der Waals surface area contributed by atoms with Gasteiger partial charge in [0.05, 0.1) is 32.9 Å². The molecule has 256 valence electrons. The number of anilines is 1. The number of benzene rings is 4. The zero-order chi connectivity index (χ0) is 35.4. The summed E-state index contributed by atoms with van der Waals surface area (Å²) in [5, 5.41) is 20.6. The Bertz CT molecular complexity index is 2030. The highest BCUT2D eigenvalue weighted by Crippen LogP contribution is 2.48. The van der Waals surface area contributed by atoms with Gasteiger partial charge in [-0.2, -0.15) is 0 Å². The summed E-state index contributed by atoms with van der Waals surface area (Å²) in [4.78, 5) is 29.0. The Kier molecular flexibility index (Phi) is 10.4. The molecule has 5 aromatic rings. The fourth-order valence-electron chi connectivity index (χ4n) is 5.63. The topological polar surface area (TPSA) is 120 Å². The first kappa shape index (κ1) is 34.5. The predicted molar refractivity (Wildman–Crippen MR) is 193 cm³/mol. The number of methoxy groups -OCH3 is 3. The lowest BCUT2D eigenvalue weighted by atomic mass is 9.94. The summed E-state index contributed by atoms with van der Waals surface area (Å²) in [6.45, 7) is 4.42. The van der Waals surface area contributed by atoms with Crippen LogP contribution in [-0.2, 0) is 21.9 Å². The molecule has 1 amide bonds. The minimum Gasteiger partial charge on any atom is -0.507 e. The summed E-state index contributed by atoms with van der Waals surface area (Å²) in [6.07, 6.45) is 0. The Balaban J connectivity index is 1.37. The Morgan fingerprint density at radius 3 is 2.18 bits per heavy atom. The van der Waals surface area contributed by atoms with E-state index < -0.39 is 17.7 Å². The van der Waals surface area contributed by atoms with Crippen molar-refractivity contribution in [2.75, 3.05) is 26.2 Å². The van der Waals surface area contributed by atoms with Gasteiger partial charge in [0.15, 0.2) is 15.8 Å². The number of carbonyl (C=O) groups is 2. The third-order valence-corrected chi connectivity index (χ3v) is 10.3. The smallest absolute Gasteiger partial charge is 0.301 e. The van der Waals surface area contributed by atoms with Crippen LogP contribution in [0.25, 0.3) is 5.76 Å². The number of hydrogen-bond donors (Lipinski definition) is 1. The molecule has 10 nitrogen and oxygen atoms in total. The summed E-state index contributed by atoms with van der Waals surface area (Å²) >= 11 is 2.66. The molecule has 1 atom stereocenters. The van der Waals surface area contributed by atoms with Crippen LogP contribution in [0.3, 0.4) is 0 Å². The van der Waals surface area contributed by atoms with Crippen LogP contribution < -0.4 is 23.8 Å². The van der Waals surface area contributed by atoms with E-state index in [-0.39, 0.29) is 16.5 Å². The monoisotopic (exact) mass is 709 g/mol. The molecule has 50 heavy (non-hydrogen) atoms. The van der Waals surface area contributed by atoms with E-state index in [0.717, 1.165) is 16.7 Å². The number of ether oxygens (including phenoxy) is 4. The fraction of sp³-hybridized carbons (Fsp3) is 0.211. The van der Waals surface area contributed by atoms with Gasteiger partial charge in [-0.3, -0.25) is 14.5 Å².